The van der Waals surface area contributed by atoms with E-state index in [0.29, 0.717) is 5.92 Å². The fourth-order valence-electron chi connectivity index (χ4n) is 10.0. The number of nitrogens with zero attached hydrogens (tertiary/aromatic N) is 2. The second kappa shape index (κ2) is 13.1. The highest BCUT2D eigenvalue weighted by molar-refractivity contribution is 5.86. The first-order chi connectivity index (χ1) is 27.6. The Morgan fingerprint density at radius 3 is 1.47 bits per heavy atom. The first-order valence-corrected chi connectivity index (χ1v) is 20.3. The van der Waals surface area contributed by atoms with Crippen molar-refractivity contribution in [1.29, 1.82) is 0 Å². The first-order valence-electron chi connectivity index (χ1n) is 20.3. The number of allylic oxidation sites excluding steroid dienone is 4. The van der Waals surface area contributed by atoms with E-state index < -0.39 is 0 Å². The van der Waals surface area contributed by atoms with Gasteiger partial charge in [0, 0.05) is 50.9 Å². The van der Waals surface area contributed by atoms with Crippen LogP contribution >= 0.6 is 0 Å². The maximum Gasteiger partial charge on any atom is 0.0465 e. The topological polar surface area (TPSA) is 6.48 Å². The molecule has 0 fully saturated rings. The summed E-state index contributed by atoms with van der Waals surface area (Å²) < 4.78 is 0. The molecule has 2 heteroatoms. The molecule has 3 aliphatic carbocycles. The Bertz CT molecular complexity index is 2680. The van der Waals surface area contributed by atoms with E-state index in [1.54, 1.807) is 0 Å². The van der Waals surface area contributed by atoms with Gasteiger partial charge in [-0.25, -0.2) is 0 Å². The molecule has 3 aliphatic rings. The number of hydrogen-bond acceptors (Lipinski definition) is 2. The number of para-hydroxylation sites is 2. The van der Waals surface area contributed by atoms with E-state index in [1.165, 1.54) is 50.2 Å². The van der Waals surface area contributed by atoms with E-state index in [2.05, 4.69) is 239 Å². The number of fused-ring (bicyclic) bond motifs is 6. The molecule has 0 saturated heterocycles. The molecule has 0 aromatic heterocycles. The van der Waals surface area contributed by atoms with Crippen LogP contribution < -0.4 is 9.80 Å². The van der Waals surface area contributed by atoms with Crippen LogP contribution in [0.4, 0.5) is 34.1 Å². The Kier molecular flexibility index (Phi) is 8.06. The predicted molar refractivity (Wildman–Crippen MR) is 241 cm³/mol. The van der Waals surface area contributed by atoms with E-state index in [9.17, 15) is 0 Å². The molecule has 0 saturated carbocycles. The average molecular weight is 737 g/mol. The van der Waals surface area contributed by atoms with Crippen molar-refractivity contribution in [2.45, 2.75) is 51.4 Å². The summed E-state index contributed by atoms with van der Waals surface area (Å²) in [5.41, 5.74) is 17.5. The second-order valence-corrected chi connectivity index (χ2v) is 17.2. The predicted octanol–water partition coefficient (Wildman–Crippen LogP) is 15.1. The lowest BCUT2D eigenvalue weighted by Crippen LogP contribution is -2.36. The van der Waals surface area contributed by atoms with E-state index >= 15 is 0 Å². The molecule has 57 heavy (non-hydrogen) atoms. The van der Waals surface area contributed by atoms with E-state index in [4.69, 9.17) is 0 Å². The lowest BCUT2D eigenvalue weighted by Gasteiger charge is -2.41. The lowest BCUT2D eigenvalue weighted by atomic mass is 9.62. The molecule has 2 atom stereocenters. The van der Waals surface area contributed by atoms with Crippen molar-refractivity contribution < 1.29 is 0 Å². The molecule has 0 heterocycles. The van der Waals surface area contributed by atoms with Crippen LogP contribution in [-0.2, 0) is 10.8 Å². The second-order valence-electron chi connectivity index (χ2n) is 17.2. The molecule has 0 N–H and O–H groups in total. The molecule has 0 spiro atoms. The standard InChI is InChI=1S/C55H48N2/c1-53(2)49-21-13-12-20-46(49)47-33-31-44(36-51(47)53)56(40-16-8-6-9-17-40)42-27-23-38(24-28-42)39-25-29-43(30-26-39)57(41-18-10-7-11-19-41)45-32-34-48-50-22-14-15-35-55(50,5)54(3,4)52(48)37-45/h6-37,50H,1-5H3. The number of anilines is 6. The highest BCUT2D eigenvalue weighted by Crippen LogP contribution is 2.62. The van der Waals surface area contributed by atoms with Crippen LogP contribution in [0.5, 0.6) is 0 Å². The van der Waals surface area contributed by atoms with E-state index in [1.807, 2.05) is 0 Å². The van der Waals surface area contributed by atoms with E-state index in [0.717, 1.165) is 28.4 Å². The summed E-state index contributed by atoms with van der Waals surface area (Å²) in [7, 11) is 0. The maximum atomic E-state index is 2.44. The van der Waals surface area contributed by atoms with Gasteiger partial charge in [-0.05, 0) is 123 Å². The van der Waals surface area contributed by atoms with Gasteiger partial charge in [0.15, 0.2) is 0 Å². The molecule has 278 valence electrons. The summed E-state index contributed by atoms with van der Waals surface area (Å²) in [5, 5.41) is 0. The Morgan fingerprint density at radius 1 is 0.404 bits per heavy atom. The zero-order valence-corrected chi connectivity index (χ0v) is 33.4. The van der Waals surface area contributed by atoms with Crippen LogP contribution in [0.3, 0.4) is 0 Å². The first kappa shape index (κ1) is 35.1. The van der Waals surface area contributed by atoms with Gasteiger partial charge in [0.05, 0.1) is 0 Å². The van der Waals surface area contributed by atoms with Gasteiger partial charge in [0.25, 0.3) is 0 Å². The normalized spacial score (nSPS) is 19.0. The van der Waals surface area contributed by atoms with Gasteiger partial charge in [-0.1, -0.05) is 156 Å². The van der Waals surface area contributed by atoms with Crippen molar-refractivity contribution in [1.82, 2.24) is 0 Å². The molecular formula is C55H48N2. The van der Waals surface area contributed by atoms with Gasteiger partial charge in [-0.15, -0.1) is 0 Å². The molecule has 0 amide bonds. The molecule has 0 aliphatic heterocycles. The van der Waals surface area contributed by atoms with Crippen LogP contribution in [0.1, 0.15) is 62.8 Å². The molecule has 10 rings (SSSR count). The summed E-state index contributed by atoms with van der Waals surface area (Å²) in [6.45, 7) is 11.9. The van der Waals surface area contributed by atoms with Crippen molar-refractivity contribution in [2.24, 2.45) is 5.41 Å². The smallest absolute Gasteiger partial charge is 0.0465 e. The summed E-state index contributed by atoms with van der Waals surface area (Å²) in [6, 6.07) is 62.5. The minimum absolute atomic E-state index is 0.0122. The van der Waals surface area contributed by atoms with Crippen molar-refractivity contribution in [3.63, 3.8) is 0 Å². The van der Waals surface area contributed by atoms with Gasteiger partial charge in [0.1, 0.15) is 0 Å². The average Bonchev–Trinajstić information content (AvgIpc) is 3.58. The quantitative estimate of drug-likeness (QED) is 0.161. The van der Waals surface area contributed by atoms with E-state index in [-0.39, 0.29) is 16.2 Å². The summed E-state index contributed by atoms with van der Waals surface area (Å²) in [4.78, 5) is 4.77. The van der Waals surface area contributed by atoms with Crippen LogP contribution in [0.25, 0.3) is 22.3 Å². The Labute approximate surface area is 338 Å². The number of benzene rings is 7. The fourth-order valence-corrected chi connectivity index (χ4v) is 10.0. The molecule has 7 aromatic rings. The number of rotatable bonds is 7. The van der Waals surface area contributed by atoms with Gasteiger partial charge in [-0.3, -0.25) is 0 Å². The Hall–Kier alpha value is -6.38. The fraction of sp³-hybridized carbons (Fsp3) is 0.164. The molecule has 0 bridgehead atoms. The minimum atomic E-state index is -0.0698. The van der Waals surface area contributed by atoms with Crippen LogP contribution in [-0.4, -0.2) is 0 Å². The SMILES string of the molecule is CC1(C)c2ccccc2-c2ccc(N(c3ccccc3)c3ccc(-c4ccc(N(c5ccccc5)c5ccc6c(c5)C(C)(C)C5(C)C=CC=CC65)cc4)cc3)cc21. The van der Waals surface area contributed by atoms with Crippen molar-refractivity contribution in [3.8, 4) is 22.3 Å². The van der Waals surface area contributed by atoms with Gasteiger partial charge in [0.2, 0.25) is 0 Å². The van der Waals surface area contributed by atoms with Crippen LogP contribution in [0.2, 0.25) is 0 Å². The summed E-state index contributed by atoms with van der Waals surface area (Å²) in [5.74, 6) is 0.385. The monoisotopic (exact) mass is 736 g/mol. The van der Waals surface area contributed by atoms with Gasteiger partial charge in [-0.2, -0.15) is 0 Å². The third-order valence-corrected chi connectivity index (χ3v) is 13.6. The third kappa shape index (κ3) is 5.46. The van der Waals surface area contributed by atoms with Crippen molar-refractivity contribution >= 4 is 34.1 Å². The lowest BCUT2D eigenvalue weighted by molar-refractivity contribution is 0.245. The zero-order valence-electron chi connectivity index (χ0n) is 33.4. The molecule has 0 radical (unpaired) electrons. The minimum Gasteiger partial charge on any atom is -0.310 e. The molecular weight excluding hydrogens is 689 g/mol. The Morgan fingerprint density at radius 2 is 0.877 bits per heavy atom. The molecule has 7 aromatic carbocycles. The van der Waals surface area contributed by atoms with Crippen LogP contribution in [0, 0.1) is 5.41 Å². The van der Waals surface area contributed by atoms with Crippen LogP contribution in [0.15, 0.2) is 194 Å². The van der Waals surface area contributed by atoms with Gasteiger partial charge < -0.3 is 9.80 Å². The largest absolute Gasteiger partial charge is 0.310 e. The highest BCUT2D eigenvalue weighted by Gasteiger charge is 2.53. The Balaban J connectivity index is 0.982. The molecule has 2 nitrogen and oxygen atoms in total. The highest BCUT2D eigenvalue weighted by atomic mass is 15.1. The van der Waals surface area contributed by atoms with Crippen molar-refractivity contribution in [3.05, 3.63) is 216 Å². The third-order valence-electron chi connectivity index (χ3n) is 13.6. The molecule has 2 unspecified atom stereocenters. The van der Waals surface area contributed by atoms with Gasteiger partial charge >= 0.3 is 0 Å². The summed E-state index contributed by atoms with van der Waals surface area (Å²) >= 11 is 0. The maximum absolute atomic E-state index is 2.44. The number of hydrogen-bond donors (Lipinski definition) is 0. The van der Waals surface area contributed by atoms with Crippen molar-refractivity contribution in [2.75, 3.05) is 9.80 Å². The summed E-state index contributed by atoms with van der Waals surface area (Å²) in [6.07, 6.45) is 9.25. The zero-order chi connectivity index (χ0) is 38.9.